The van der Waals surface area contributed by atoms with Crippen molar-refractivity contribution in [1.82, 2.24) is 15.1 Å². The van der Waals surface area contributed by atoms with Gasteiger partial charge >= 0.3 is 0 Å². The Labute approximate surface area is 127 Å². The normalized spacial score (nSPS) is 12.5. The van der Waals surface area contributed by atoms with Crippen molar-refractivity contribution in [2.75, 3.05) is 14.2 Å². The summed E-state index contributed by atoms with van der Waals surface area (Å²) < 4.78 is 7.57. The molecule has 21 heavy (non-hydrogen) atoms. The van der Waals surface area contributed by atoms with Crippen molar-refractivity contribution in [2.24, 2.45) is 7.05 Å². The van der Waals surface area contributed by atoms with E-state index in [9.17, 15) is 0 Å². The summed E-state index contributed by atoms with van der Waals surface area (Å²) in [6.45, 7) is 8.39. The van der Waals surface area contributed by atoms with E-state index in [2.05, 4.69) is 50.2 Å². The van der Waals surface area contributed by atoms with Gasteiger partial charge in [0.15, 0.2) is 0 Å². The summed E-state index contributed by atoms with van der Waals surface area (Å²) in [7, 11) is 5.69. The van der Waals surface area contributed by atoms with Crippen LogP contribution in [0.4, 0.5) is 0 Å². The van der Waals surface area contributed by atoms with Crippen LogP contribution < -0.4 is 10.1 Å². The zero-order chi connectivity index (χ0) is 15.7. The van der Waals surface area contributed by atoms with Gasteiger partial charge in [-0.1, -0.05) is 6.07 Å². The summed E-state index contributed by atoms with van der Waals surface area (Å²) in [5.74, 6) is 0.925. The number of methoxy groups -OCH3 is 1. The fourth-order valence-electron chi connectivity index (χ4n) is 3.12. The molecule has 0 amide bonds. The van der Waals surface area contributed by atoms with Gasteiger partial charge in [-0.15, -0.1) is 0 Å². The lowest BCUT2D eigenvalue weighted by Crippen LogP contribution is -2.21. The van der Waals surface area contributed by atoms with Gasteiger partial charge in [0.1, 0.15) is 5.75 Å². The van der Waals surface area contributed by atoms with Crippen molar-refractivity contribution in [3.63, 3.8) is 0 Å². The van der Waals surface area contributed by atoms with E-state index in [4.69, 9.17) is 4.74 Å². The van der Waals surface area contributed by atoms with Gasteiger partial charge in [-0.25, -0.2) is 0 Å². The largest absolute Gasteiger partial charge is 0.496 e. The third-order valence-corrected chi connectivity index (χ3v) is 4.14. The lowest BCUT2D eigenvalue weighted by atomic mass is 9.91. The van der Waals surface area contributed by atoms with Crippen LogP contribution in [0.2, 0.25) is 0 Å². The van der Waals surface area contributed by atoms with E-state index in [0.29, 0.717) is 0 Å². The Morgan fingerprint density at radius 3 is 2.29 bits per heavy atom. The molecule has 4 heteroatoms. The van der Waals surface area contributed by atoms with E-state index in [-0.39, 0.29) is 6.04 Å². The monoisotopic (exact) mass is 287 g/mol. The zero-order valence-electron chi connectivity index (χ0n) is 14.0. The molecule has 0 aliphatic heterocycles. The summed E-state index contributed by atoms with van der Waals surface area (Å²) in [6, 6.07) is 4.37. The van der Waals surface area contributed by atoms with Crippen LogP contribution in [0, 0.1) is 27.7 Å². The molecule has 0 bridgehead atoms. The van der Waals surface area contributed by atoms with Crippen molar-refractivity contribution >= 4 is 0 Å². The molecule has 0 aliphatic rings. The molecule has 114 valence electrons. The topological polar surface area (TPSA) is 39.1 Å². The third kappa shape index (κ3) is 2.68. The molecule has 0 saturated carbocycles. The molecule has 0 aliphatic carbocycles. The van der Waals surface area contributed by atoms with Crippen LogP contribution >= 0.6 is 0 Å². The van der Waals surface area contributed by atoms with E-state index < -0.39 is 0 Å². The fraction of sp³-hybridized carbons (Fsp3) is 0.471. The summed E-state index contributed by atoms with van der Waals surface area (Å²) >= 11 is 0. The molecule has 2 rings (SSSR count). The minimum absolute atomic E-state index is 0.0780. The number of nitrogens with one attached hydrogen (secondary N) is 1. The number of nitrogens with zero attached hydrogens (tertiary/aromatic N) is 2. The fourth-order valence-corrected chi connectivity index (χ4v) is 3.12. The van der Waals surface area contributed by atoms with E-state index in [0.717, 1.165) is 11.4 Å². The number of hydrogen-bond donors (Lipinski definition) is 1. The van der Waals surface area contributed by atoms with Crippen LogP contribution in [0.25, 0.3) is 0 Å². The van der Waals surface area contributed by atoms with Gasteiger partial charge in [-0.3, -0.25) is 4.68 Å². The van der Waals surface area contributed by atoms with Crippen molar-refractivity contribution in [1.29, 1.82) is 0 Å². The zero-order valence-corrected chi connectivity index (χ0v) is 14.0. The molecular weight excluding hydrogens is 262 g/mol. The first-order chi connectivity index (χ1) is 9.90. The van der Waals surface area contributed by atoms with Gasteiger partial charge in [0, 0.05) is 23.9 Å². The average molecular weight is 287 g/mol. The molecule has 0 spiro atoms. The van der Waals surface area contributed by atoms with Gasteiger partial charge in [-0.05, 0) is 51.9 Å². The summed E-state index contributed by atoms with van der Waals surface area (Å²) in [5.41, 5.74) is 7.08. The highest BCUT2D eigenvalue weighted by molar-refractivity contribution is 5.50. The predicted octanol–water partition coefficient (Wildman–Crippen LogP) is 2.97. The predicted molar refractivity (Wildman–Crippen MR) is 86.1 cm³/mol. The first-order valence-electron chi connectivity index (χ1n) is 7.23. The van der Waals surface area contributed by atoms with Crippen LogP contribution in [0.1, 0.15) is 39.7 Å². The molecular formula is C17H25N3O. The number of rotatable bonds is 4. The van der Waals surface area contributed by atoms with Gasteiger partial charge in [0.25, 0.3) is 0 Å². The molecule has 0 saturated heterocycles. The maximum atomic E-state index is 5.63. The number of aromatic nitrogens is 2. The molecule has 1 heterocycles. The first kappa shape index (κ1) is 15.6. The lowest BCUT2D eigenvalue weighted by molar-refractivity contribution is 0.404. The van der Waals surface area contributed by atoms with Gasteiger partial charge in [0.05, 0.1) is 18.8 Å². The summed E-state index contributed by atoms with van der Waals surface area (Å²) in [6.07, 6.45) is 0. The molecule has 0 radical (unpaired) electrons. The van der Waals surface area contributed by atoms with E-state index in [1.807, 2.05) is 18.8 Å². The average Bonchev–Trinajstić information content (AvgIpc) is 2.67. The SMILES string of the molecule is CNC(c1c(C)cc(C)cc1OC)c1c(C)nn(C)c1C. The summed E-state index contributed by atoms with van der Waals surface area (Å²) in [5, 5.41) is 7.97. The highest BCUT2D eigenvalue weighted by Crippen LogP contribution is 2.36. The molecule has 1 aromatic carbocycles. The number of aryl methyl sites for hydroxylation is 4. The van der Waals surface area contributed by atoms with Crippen LogP contribution in [0.3, 0.4) is 0 Å². The second-order valence-corrected chi connectivity index (χ2v) is 5.63. The Bertz CT molecular complexity index is 659. The second kappa shape index (κ2) is 5.90. The van der Waals surface area contributed by atoms with Crippen LogP contribution in [-0.2, 0) is 7.05 Å². The lowest BCUT2D eigenvalue weighted by Gasteiger charge is -2.23. The Kier molecular flexibility index (Phi) is 4.37. The Morgan fingerprint density at radius 1 is 1.14 bits per heavy atom. The molecule has 1 N–H and O–H groups in total. The highest BCUT2D eigenvalue weighted by Gasteiger charge is 2.25. The van der Waals surface area contributed by atoms with Crippen LogP contribution in [0.5, 0.6) is 5.75 Å². The molecule has 2 aromatic rings. The Balaban J connectivity index is 2.67. The van der Waals surface area contributed by atoms with E-state index in [1.165, 1.54) is 27.9 Å². The number of benzene rings is 1. The Morgan fingerprint density at radius 2 is 1.81 bits per heavy atom. The summed E-state index contributed by atoms with van der Waals surface area (Å²) in [4.78, 5) is 0. The van der Waals surface area contributed by atoms with Crippen molar-refractivity contribution in [2.45, 2.75) is 33.7 Å². The van der Waals surface area contributed by atoms with Crippen molar-refractivity contribution in [3.8, 4) is 5.75 Å². The smallest absolute Gasteiger partial charge is 0.124 e. The number of hydrogen-bond acceptors (Lipinski definition) is 3. The van der Waals surface area contributed by atoms with Gasteiger partial charge < -0.3 is 10.1 Å². The maximum absolute atomic E-state index is 5.63. The molecule has 0 fully saturated rings. The second-order valence-electron chi connectivity index (χ2n) is 5.63. The standard InChI is InChI=1S/C17H25N3O/c1-10-8-11(2)15(14(9-10)21-7)17(18-5)16-12(3)19-20(6)13(16)4/h8-9,17-18H,1-7H3. The molecule has 1 atom stereocenters. The maximum Gasteiger partial charge on any atom is 0.124 e. The van der Waals surface area contributed by atoms with Gasteiger partial charge in [-0.2, -0.15) is 5.10 Å². The van der Waals surface area contributed by atoms with Crippen LogP contribution in [0.15, 0.2) is 12.1 Å². The van der Waals surface area contributed by atoms with Crippen molar-refractivity contribution < 1.29 is 4.74 Å². The quantitative estimate of drug-likeness (QED) is 0.939. The molecule has 1 unspecified atom stereocenters. The Hall–Kier alpha value is -1.81. The van der Waals surface area contributed by atoms with E-state index in [1.54, 1.807) is 7.11 Å². The molecule has 4 nitrogen and oxygen atoms in total. The minimum atomic E-state index is 0.0780. The first-order valence-corrected chi connectivity index (χ1v) is 7.23. The molecule has 1 aromatic heterocycles. The third-order valence-electron chi connectivity index (χ3n) is 4.14. The van der Waals surface area contributed by atoms with Crippen molar-refractivity contribution in [3.05, 3.63) is 45.8 Å². The van der Waals surface area contributed by atoms with E-state index >= 15 is 0 Å². The highest BCUT2D eigenvalue weighted by atomic mass is 16.5. The number of ether oxygens (including phenoxy) is 1. The van der Waals surface area contributed by atoms with Gasteiger partial charge in [0.2, 0.25) is 0 Å². The van der Waals surface area contributed by atoms with Crippen LogP contribution in [-0.4, -0.2) is 23.9 Å². The minimum Gasteiger partial charge on any atom is -0.496 e.